The van der Waals surface area contributed by atoms with Crippen molar-refractivity contribution in [3.05, 3.63) is 52.9 Å². The second-order valence-corrected chi connectivity index (χ2v) is 6.03. The molecule has 1 aromatic carbocycles. The highest BCUT2D eigenvalue weighted by Crippen LogP contribution is 2.45. The largest absolute Gasteiger partial charge is 0.195 e. The molecule has 1 aliphatic rings. The van der Waals surface area contributed by atoms with Crippen LogP contribution >= 0.6 is 23.4 Å². The fraction of sp³-hybridized carbons (Fsp3) is 0.154. The number of aromatic nitrogens is 4. The SMILES string of the molecule is Clc1ccc2nnc(C3Cc4ccccc4S3)n2n1. The van der Waals surface area contributed by atoms with E-state index in [0.29, 0.717) is 5.15 Å². The first-order valence-corrected chi connectivity index (χ1v) is 7.19. The molecular weight excluding hydrogens is 280 g/mol. The summed E-state index contributed by atoms with van der Waals surface area (Å²) >= 11 is 7.76. The fourth-order valence-electron chi connectivity index (χ4n) is 2.31. The zero-order chi connectivity index (χ0) is 12.8. The van der Waals surface area contributed by atoms with Gasteiger partial charge < -0.3 is 0 Å². The van der Waals surface area contributed by atoms with Gasteiger partial charge in [0.05, 0.1) is 5.25 Å². The molecule has 94 valence electrons. The fourth-order valence-corrected chi connectivity index (χ4v) is 3.73. The van der Waals surface area contributed by atoms with Crippen LogP contribution in [0.5, 0.6) is 0 Å². The topological polar surface area (TPSA) is 43.1 Å². The molecule has 19 heavy (non-hydrogen) atoms. The molecule has 3 heterocycles. The van der Waals surface area contributed by atoms with E-state index >= 15 is 0 Å². The second kappa shape index (κ2) is 4.21. The quantitative estimate of drug-likeness (QED) is 0.690. The summed E-state index contributed by atoms with van der Waals surface area (Å²) in [5.74, 6) is 0.860. The van der Waals surface area contributed by atoms with Gasteiger partial charge in [0.25, 0.3) is 0 Å². The molecule has 6 heteroatoms. The van der Waals surface area contributed by atoms with E-state index in [2.05, 4.69) is 39.6 Å². The Bertz CT molecular complexity index is 745. The minimum Gasteiger partial charge on any atom is -0.195 e. The Kier molecular flexibility index (Phi) is 2.50. The van der Waals surface area contributed by atoms with Crippen LogP contribution in [0.2, 0.25) is 5.15 Å². The molecule has 0 saturated carbocycles. The molecule has 1 aliphatic heterocycles. The highest BCUT2D eigenvalue weighted by molar-refractivity contribution is 7.99. The van der Waals surface area contributed by atoms with Gasteiger partial charge in [-0.1, -0.05) is 29.8 Å². The lowest BCUT2D eigenvalue weighted by atomic mass is 10.1. The van der Waals surface area contributed by atoms with Crippen LogP contribution in [0, 0.1) is 0 Å². The highest BCUT2D eigenvalue weighted by atomic mass is 35.5. The number of fused-ring (bicyclic) bond motifs is 2. The lowest BCUT2D eigenvalue weighted by molar-refractivity contribution is 0.778. The number of benzene rings is 1. The number of hydrogen-bond acceptors (Lipinski definition) is 4. The van der Waals surface area contributed by atoms with Crippen molar-refractivity contribution in [2.24, 2.45) is 0 Å². The van der Waals surface area contributed by atoms with E-state index in [4.69, 9.17) is 11.6 Å². The first kappa shape index (κ1) is 11.3. The van der Waals surface area contributed by atoms with E-state index in [1.807, 2.05) is 17.8 Å². The zero-order valence-electron chi connectivity index (χ0n) is 9.82. The Hall–Kier alpha value is -1.59. The third-order valence-electron chi connectivity index (χ3n) is 3.19. The monoisotopic (exact) mass is 288 g/mol. The van der Waals surface area contributed by atoms with Crippen LogP contribution in [-0.4, -0.2) is 19.8 Å². The molecule has 0 aliphatic carbocycles. The maximum atomic E-state index is 5.95. The molecule has 1 atom stereocenters. The molecule has 0 N–H and O–H groups in total. The van der Waals surface area contributed by atoms with Gasteiger partial charge in [-0.25, -0.2) is 0 Å². The molecule has 0 bridgehead atoms. The minimum absolute atomic E-state index is 0.248. The van der Waals surface area contributed by atoms with Crippen LogP contribution in [0.15, 0.2) is 41.3 Å². The van der Waals surface area contributed by atoms with Crippen molar-refractivity contribution >= 4 is 29.0 Å². The Balaban J connectivity index is 1.79. The third kappa shape index (κ3) is 1.81. The lowest BCUT2D eigenvalue weighted by Gasteiger charge is -2.05. The summed E-state index contributed by atoms with van der Waals surface area (Å²) in [4.78, 5) is 1.31. The van der Waals surface area contributed by atoms with Crippen molar-refractivity contribution in [2.45, 2.75) is 16.6 Å². The molecule has 0 radical (unpaired) electrons. The summed E-state index contributed by atoms with van der Waals surface area (Å²) in [5.41, 5.74) is 2.09. The second-order valence-electron chi connectivity index (χ2n) is 4.40. The number of halogens is 1. The maximum Gasteiger partial charge on any atom is 0.178 e. The number of hydrogen-bond donors (Lipinski definition) is 0. The van der Waals surface area contributed by atoms with E-state index in [1.165, 1.54) is 10.5 Å². The van der Waals surface area contributed by atoms with Crippen molar-refractivity contribution in [2.75, 3.05) is 0 Å². The van der Waals surface area contributed by atoms with Gasteiger partial charge in [0, 0.05) is 4.90 Å². The molecule has 0 spiro atoms. The minimum atomic E-state index is 0.248. The Morgan fingerprint density at radius 2 is 2.05 bits per heavy atom. The van der Waals surface area contributed by atoms with E-state index in [0.717, 1.165) is 17.9 Å². The van der Waals surface area contributed by atoms with Crippen LogP contribution in [0.25, 0.3) is 5.65 Å². The van der Waals surface area contributed by atoms with E-state index < -0.39 is 0 Å². The predicted molar refractivity (Wildman–Crippen MR) is 74.5 cm³/mol. The highest BCUT2D eigenvalue weighted by Gasteiger charge is 2.27. The Labute approximate surface area is 118 Å². The van der Waals surface area contributed by atoms with Gasteiger partial charge in [-0.05, 0) is 30.2 Å². The lowest BCUT2D eigenvalue weighted by Crippen LogP contribution is -2.03. The van der Waals surface area contributed by atoms with Gasteiger partial charge in [0.2, 0.25) is 0 Å². The number of rotatable bonds is 1. The summed E-state index contributed by atoms with van der Waals surface area (Å²) in [7, 11) is 0. The van der Waals surface area contributed by atoms with Crippen molar-refractivity contribution in [3.63, 3.8) is 0 Å². The van der Waals surface area contributed by atoms with Gasteiger partial charge >= 0.3 is 0 Å². The zero-order valence-corrected chi connectivity index (χ0v) is 11.4. The average Bonchev–Trinajstić information content (AvgIpc) is 3.00. The molecule has 0 amide bonds. The Morgan fingerprint density at radius 1 is 1.16 bits per heavy atom. The first-order valence-electron chi connectivity index (χ1n) is 5.94. The molecular formula is C13H9ClN4S. The summed E-state index contributed by atoms with van der Waals surface area (Å²) < 4.78 is 1.74. The molecule has 1 unspecified atom stereocenters. The summed E-state index contributed by atoms with van der Waals surface area (Å²) in [6.45, 7) is 0. The average molecular weight is 289 g/mol. The predicted octanol–water partition coefficient (Wildman–Crippen LogP) is 3.17. The maximum absolute atomic E-state index is 5.95. The van der Waals surface area contributed by atoms with Gasteiger partial charge in [-0.3, -0.25) is 0 Å². The normalized spacial score (nSPS) is 17.8. The van der Waals surface area contributed by atoms with Crippen LogP contribution in [-0.2, 0) is 6.42 Å². The van der Waals surface area contributed by atoms with E-state index in [9.17, 15) is 0 Å². The number of nitrogens with zero attached hydrogens (tertiary/aromatic N) is 4. The smallest absolute Gasteiger partial charge is 0.178 e. The van der Waals surface area contributed by atoms with Gasteiger partial charge in [0.15, 0.2) is 11.5 Å². The molecule has 0 fully saturated rings. The third-order valence-corrected chi connectivity index (χ3v) is 4.71. The molecule has 4 nitrogen and oxygen atoms in total. The molecule has 3 aromatic rings. The van der Waals surface area contributed by atoms with Crippen LogP contribution in [0.4, 0.5) is 0 Å². The van der Waals surface area contributed by atoms with Crippen molar-refractivity contribution in [1.82, 2.24) is 19.8 Å². The van der Waals surface area contributed by atoms with Crippen molar-refractivity contribution < 1.29 is 0 Å². The van der Waals surface area contributed by atoms with Gasteiger partial charge in [-0.15, -0.1) is 22.0 Å². The summed E-state index contributed by atoms with van der Waals surface area (Å²) in [6, 6.07) is 12.0. The first-order chi connectivity index (χ1) is 9.31. The standard InChI is InChI=1S/C13H9ClN4S/c14-11-5-6-12-15-16-13(18(12)17-11)10-7-8-3-1-2-4-9(8)19-10/h1-6,10H,7H2. The van der Waals surface area contributed by atoms with Crippen LogP contribution in [0.1, 0.15) is 16.6 Å². The molecule has 2 aromatic heterocycles. The van der Waals surface area contributed by atoms with Crippen molar-refractivity contribution in [1.29, 1.82) is 0 Å². The van der Waals surface area contributed by atoms with Gasteiger partial charge in [-0.2, -0.15) is 9.61 Å². The Morgan fingerprint density at radius 3 is 2.95 bits per heavy atom. The molecule has 4 rings (SSSR count). The summed E-state index contributed by atoms with van der Waals surface area (Å²) in [5, 5.41) is 13.4. The van der Waals surface area contributed by atoms with Crippen LogP contribution < -0.4 is 0 Å². The van der Waals surface area contributed by atoms with Gasteiger partial charge in [0.1, 0.15) is 5.15 Å². The molecule has 0 saturated heterocycles. The van der Waals surface area contributed by atoms with E-state index in [-0.39, 0.29) is 5.25 Å². The van der Waals surface area contributed by atoms with Crippen LogP contribution in [0.3, 0.4) is 0 Å². The number of thioether (sulfide) groups is 1. The van der Waals surface area contributed by atoms with Crippen molar-refractivity contribution in [3.8, 4) is 0 Å². The summed E-state index contributed by atoms with van der Waals surface area (Å²) in [6.07, 6.45) is 0.954. The van der Waals surface area contributed by atoms with E-state index in [1.54, 1.807) is 10.6 Å².